The van der Waals surface area contributed by atoms with Crippen molar-refractivity contribution in [1.29, 1.82) is 0 Å². The minimum absolute atomic E-state index is 0.0192. The van der Waals surface area contributed by atoms with Crippen LogP contribution in [0, 0.1) is 12.3 Å². The summed E-state index contributed by atoms with van der Waals surface area (Å²) >= 11 is 0. The van der Waals surface area contributed by atoms with Crippen LogP contribution in [0.25, 0.3) is 5.70 Å². The number of alkyl halides is 3. The van der Waals surface area contributed by atoms with Crippen LogP contribution in [0.1, 0.15) is 55.9 Å². The number of carbonyl (C=O) groups excluding carboxylic acids is 2. The number of hydrogen-bond acceptors (Lipinski definition) is 5. The summed E-state index contributed by atoms with van der Waals surface area (Å²) in [4.78, 5) is 30.8. The molecular weight excluding hydrogens is 487 g/mol. The highest BCUT2D eigenvalue weighted by Gasteiger charge is 2.43. The van der Waals surface area contributed by atoms with Gasteiger partial charge in [0.2, 0.25) is 5.91 Å². The van der Waals surface area contributed by atoms with E-state index in [1.165, 1.54) is 4.90 Å². The molecule has 1 saturated heterocycles. The Labute approximate surface area is 217 Å². The first kappa shape index (κ1) is 31.8. The molecule has 1 fully saturated rings. The van der Waals surface area contributed by atoms with Crippen LogP contribution >= 0.6 is 0 Å². The third-order valence-electron chi connectivity index (χ3n) is 5.74. The Morgan fingerprint density at radius 1 is 1.22 bits per heavy atom. The lowest BCUT2D eigenvalue weighted by Gasteiger charge is -2.34. The van der Waals surface area contributed by atoms with Crippen molar-refractivity contribution < 1.29 is 27.5 Å². The maximum absolute atomic E-state index is 13.5. The highest BCUT2D eigenvalue weighted by Crippen LogP contribution is 2.36. The number of hydrogen-bond donors (Lipinski definition) is 0. The molecule has 2 aliphatic rings. The van der Waals surface area contributed by atoms with E-state index in [4.69, 9.17) is 0 Å². The molecule has 3 heterocycles. The molecular formula is C26H38F3N5O3. The second-order valence-corrected chi connectivity index (χ2v) is 8.69. The summed E-state index contributed by atoms with van der Waals surface area (Å²) in [6, 6.07) is 0. The van der Waals surface area contributed by atoms with Crippen molar-refractivity contribution in [3.63, 3.8) is 0 Å². The van der Waals surface area contributed by atoms with Crippen molar-refractivity contribution in [2.24, 2.45) is 0 Å². The van der Waals surface area contributed by atoms with Gasteiger partial charge in [-0.3, -0.25) is 9.59 Å². The van der Waals surface area contributed by atoms with Crippen molar-refractivity contribution in [3.05, 3.63) is 35.4 Å². The molecule has 0 radical (unpaired) electrons. The number of likely N-dealkylation sites (N-methyl/N-ethyl adjacent to an activating group) is 1. The molecule has 2 aliphatic heterocycles. The van der Waals surface area contributed by atoms with Gasteiger partial charge < -0.3 is 19.4 Å². The molecule has 0 atom stereocenters. The van der Waals surface area contributed by atoms with Crippen molar-refractivity contribution in [3.8, 4) is 12.3 Å². The molecule has 1 aromatic heterocycles. The van der Waals surface area contributed by atoms with E-state index in [2.05, 4.69) is 33.7 Å². The summed E-state index contributed by atoms with van der Waals surface area (Å²) in [6.45, 7) is 13.0. The minimum Gasteiger partial charge on any atom is -0.502 e. The van der Waals surface area contributed by atoms with E-state index in [-0.39, 0.29) is 36.7 Å². The predicted octanol–water partition coefficient (Wildman–Crippen LogP) is 3.75. The maximum atomic E-state index is 13.5. The van der Waals surface area contributed by atoms with Crippen LogP contribution in [0.5, 0.6) is 0 Å². The summed E-state index contributed by atoms with van der Waals surface area (Å²) in [7, 11) is 3.57. The summed E-state index contributed by atoms with van der Waals surface area (Å²) in [6.07, 6.45) is 2.29. The zero-order valence-corrected chi connectivity index (χ0v) is 22.6. The number of allylic oxidation sites excluding steroid dienone is 3. The third kappa shape index (κ3) is 8.97. The van der Waals surface area contributed by atoms with Crippen LogP contribution in [0.2, 0.25) is 0 Å². The number of amides is 2. The molecule has 0 unspecified atom stereocenters. The highest BCUT2D eigenvalue weighted by molar-refractivity contribution is 5.98. The number of rotatable bonds is 5. The van der Waals surface area contributed by atoms with Crippen molar-refractivity contribution in [2.45, 2.75) is 46.7 Å². The average Bonchev–Trinajstić information content (AvgIpc) is 3.23. The molecule has 3 rings (SSSR count). The quantitative estimate of drug-likeness (QED) is 0.433. The lowest BCUT2D eigenvalue weighted by atomic mass is 10.0. The number of carbonyl (C=O) groups is 2. The Morgan fingerprint density at radius 2 is 1.76 bits per heavy atom. The summed E-state index contributed by atoms with van der Waals surface area (Å²) < 4.78 is 46.0. The molecule has 1 aromatic rings. The number of piperazine rings is 1. The molecule has 0 spiro atoms. The molecule has 8 nitrogen and oxygen atoms in total. The van der Waals surface area contributed by atoms with Crippen molar-refractivity contribution in [2.75, 3.05) is 53.4 Å². The number of halogens is 3. The first-order valence-corrected chi connectivity index (χ1v) is 12.0. The SMILES string of the molecule is C#CC.C=C(C)OC.CC/C=C(\C)n1nc(C(F)(F)F)c2c1C(=O)N(CC(=O)N1CCN(C)CC1)CC2. The van der Waals surface area contributed by atoms with Gasteiger partial charge in [-0.05, 0) is 40.7 Å². The second kappa shape index (κ2) is 14.5. The van der Waals surface area contributed by atoms with Crippen molar-refractivity contribution in [1.82, 2.24) is 24.5 Å². The number of methoxy groups -OCH3 is 1. The van der Waals surface area contributed by atoms with Gasteiger partial charge in [-0.25, -0.2) is 4.68 Å². The van der Waals surface area contributed by atoms with Gasteiger partial charge in [0.25, 0.3) is 5.91 Å². The van der Waals surface area contributed by atoms with Gasteiger partial charge in [0.15, 0.2) is 5.69 Å². The van der Waals surface area contributed by atoms with E-state index in [9.17, 15) is 22.8 Å². The maximum Gasteiger partial charge on any atom is 0.435 e. The number of fused-ring (bicyclic) bond motifs is 1. The fourth-order valence-corrected chi connectivity index (χ4v) is 3.74. The summed E-state index contributed by atoms with van der Waals surface area (Å²) in [5.74, 6) is 2.24. The van der Waals surface area contributed by atoms with Gasteiger partial charge in [0, 0.05) is 44.0 Å². The highest BCUT2D eigenvalue weighted by atomic mass is 19.4. The van der Waals surface area contributed by atoms with E-state index in [0.717, 1.165) is 23.5 Å². The zero-order valence-electron chi connectivity index (χ0n) is 22.6. The molecule has 11 heteroatoms. The van der Waals surface area contributed by atoms with Crippen molar-refractivity contribution >= 4 is 17.5 Å². The van der Waals surface area contributed by atoms with Gasteiger partial charge in [-0.2, -0.15) is 18.3 Å². The fraction of sp³-hybridized carbons (Fsp3) is 0.577. The molecule has 0 N–H and O–H groups in total. The van der Waals surface area contributed by atoms with Crippen LogP contribution in [-0.4, -0.2) is 89.7 Å². The summed E-state index contributed by atoms with van der Waals surface area (Å²) in [5.41, 5.74) is -0.735. The second-order valence-electron chi connectivity index (χ2n) is 8.69. The van der Waals surface area contributed by atoms with E-state index >= 15 is 0 Å². The minimum atomic E-state index is -4.64. The molecule has 0 aromatic carbocycles. The van der Waals surface area contributed by atoms with Crippen LogP contribution < -0.4 is 0 Å². The Hall–Kier alpha value is -3.26. The number of nitrogens with zero attached hydrogens (tertiary/aromatic N) is 5. The Kier molecular flexibility index (Phi) is 12.4. The molecule has 206 valence electrons. The molecule has 37 heavy (non-hydrogen) atoms. The van der Waals surface area contributed by atoms with Gasteiger partial charge >= 0.3 is 6.18 Å². The van der Waals surface area contributed by atoms with E-state index < -0.39 is 17.8 Å². The standard InChI is InChI=1S/C19H26F3N5O2.C4H8O.C3H4/c1-4-5-13(2)27-16-14(17(23-27)19(20,21)22)6-7-26(18(16)29)12-15(28)25-10-8-24(3)9-11-25;1-4(2)5-3;1-3-2/h5H,4,6-12H2,1-3H3;1H2,2-3H3;1H,2H3/b13-5+;;. The van der Waals surface area contributed by atoms with Gasteiger partial charge in [0.05, 0.1) is 12.9 Å². The summed E-state index contributed by atoms with van der Waals surface area (Å²) in [5, 5.41) is 3.72. The third-order valence-corrected chi connectivity index (χ3v) is 5.74. The Balaban J connectivity index is 0.000000751. The van der Waals surface area contributed by atoms with Crippen LogP contribution in [0.4, 0.5) is 13.2 Å². The van der Waals surface area contributed by atoms with Gasteiger partial charge in [-0.1, -0.05) is 19.6 Å². The van der Waals surface area contributed by atoms with E-state index in [1.807, 2.05) is 14.0 Å². The van der Waals surface area contributed by atoms with Gasteiger partial charge in [-0.15, -0.1) is 12.3 Å². The molecule has 0 aliphatic carbocycles. The number of aromatic nitrogens is 2. The van der Waals surface area contributed by atoms with Crippen LogP contribution in [0.15, 0.2) is 18.4 Å². The molecule has 0 bridgehead atoms. The topological polar surface area (TPSA) is 70.9 Å². The predicted molar refractivity (Wildman–Crippen MR) is 137 cm³/mol. The molecule has 0 saturated carbocycles. The smallest absolute Gasteiger partial charge is 0.435 e. The van der Waals surface area contributed by atoms with Crippen LogP contribution in [0.3, 0.4) is 0 Å². The van der Waals surface area contributed by atoms with E-state index in [1.54, 1.807) is 38.9 Å². The average molecular weight is 526 g/mol. The normalized spacial score (nSPS) is 16.0. The Morgan fingerprint density at radius 3 is 2.22 bits per heavy atom. The largest absolute Gasteiger partial charge is 0.502 e. The molecule has 2 amide bonds. The fourth-order valence-electron chi connectivity index (χ4n) is 3.74. The lowest BCUT2D eigenvalue weighted by Crippen LogP contribution is -2.51. The van der Waals surface area contributed by atoms with E-state index in [0.29, 0.717) is 25.2 Å². The van der Waals surface area contributed by atoms with Crippen LogP contribution in [-0.2, 0) is 22.1 Å². The zero-order chi connectivity index (χ0) is 28.3. The first-order chi connectivity index (χ1) is 17.3. The van der Waals surface area contributed by atoms with Gasteiger partial charge in [0.1, 0.15) is 12.2 Å². The number of terminal acetylenes is 1. The first-order valence-electron chi connectivity index (χ1n) is 12.0. The monoisotopic (exact) mass is 525 g/mol. The number of ether oxygens (including phenoxy) is 1. The lowest BCUT2D eigenvalue weighted by molar-refractivity contribution is -0.142. The Bertz CT molecular complexity index is 1020.